The van der Waals surface area contributed by atoms with Crippen molar-refractivity contribution in [2.75, 3.05) is 13.2 Å². The molecule has 0 aliphatic heterocycles. The first-order chi connectivity index (χ1) is 8.65. The fourth-order valence-electron chi connectivity index (χ4n) is 1.79. The Hall–Kier alpha value is -1.55. The molecule has 0 radical (unpaired) electrons. The number of aryl methyl sites for hydroxylation is 1. The minimum atomic E-state index is -0.102. The van der Waals surface area contributed by atoms with E-state index in [4.69, 9.17) is 5.11 Å². The van der Waals surface area contributed by atoms with E-state index in [0.29, 0.717) is 12.1 Å². The number of rotatable bonds is 7. The van der Waals surface area contributed by atoms with Crippen molar-refractivity contribution < 1.29 is 15.0 Å². The lowest BCUT2D eigenvalue weighted by molar-refractivity contribution is 0.0952. The van der Waals surface area contributed by atoms with Gasteiger partial charge in [-0.2, -0.15) is 0 Å². The Labute approximate surface area is 108 Å². The van der Waals surface area contributed by atoms with Crippen LogP contribution in [0.3, 0.4) is 0 Å². The largest absolute Gasteiger partial charge is 0.508 e. The van der Waals surface area contributed by atoms with Crippen molar-refractivity contribution >= 4 is 5.91 Å². The molecule has 0 heterocycles. The van der Waals surface area contributed by atoms with Crippen LogP contribution in [0, 0.1) is 6.92 Å². The van der Waals surface area contributed by atoms with Crippen molar-refractivity contribution in [3.63, 3.8) is 0 Å². The van der Waals surface area contributed by atoms with Crippen LogP contribution < -0.4 is 5.32 Å². The molecule has 0 aromatic heterocycles. The summed E-state index contributed by atoms with van der Waals surface area (Å²) in [6.07, 6.45) is 3.74. The number of aliphatic hydroxyl groups excluding tert-OH is 1. The minimum Gasteiger partial charge on any atom is -0.508 e. The topological polar surface area (TPSA) is 69.6 Å². The predicted molar refractivity (Wildman–Crippen MR) is 70.7 cm³/mol. The van der Waals surface area contributed by atoms with Gasteiger partial charge in [0.05, 0.1) is 0 Å². The lowest BCUT2D eigenvalue weighted by Crippen LogP contribution is -2.25. The second-order valence-corrected chi connectivity index (χ2v) is 4.39. The van der Waals surface area contributed by atoms with Gasteiger partial charge >= 0.3 is 0 Å². The first kappa shape index (κ1) is 14.5. The summed E-state index contributed by atoms with van der Waals surface area (Å²) < 4.78 is 0. The molecule has 0 aliphatic rings. The number of carbonyl (C=O) groups is 1. The lowest BCUT2D eigenvalue weighted by Gasteiger charge is -2.07. The molecule has 0 aliphatic carbocycles. The van der Waals surface area contributed by atoms with E-state index < -0.39 is 0 Å². The number of hydrogen-bond donors (Lipinski definition) is 3. The molecule has 0 bridgehead atoms. The second kappa shape index (κ2) is 7.71. The lowest BCUT2D eigenvalue weighted by atomic mass is 10.1. The molecule has 0 saturated heterocycles. The molecule has 4 heteroatoms. The van der Waals surface area contributed by atoms with Gasteiger partial charge in [-0.25, -0.2) is 0 Å². The molecule has 100 valence electrons. The smallest absolute Gasteiger partial charge is 0.251 e. The van der Waals surface area contributed by atoms with Crippen molar-refractivity contribution in [3.05, 3.63) is 29.3 Å². The Kier molecular flexibility index (Phi) is 6.22. The maximum Gasteiger partial charge on any atom is 0.251 e. The van der Waals surface area contributed by atoms with Gasteiger partial charge in [-0.3, -0.25) is 4.79 Å². The summed E-state index contributed by atoms with van der Waals surface area (Å²) in [5.41, 5.74) is 1.37. The summed E-state index contributed by atoms with van der Waals surface area (Å²) in [7, 11) is 0. The Morgan fingerprint density at radius 3 is 2.61 bits per heavy atom. The number of benzene rings is 1. The molecule has 1 aromatic carbocycles. The average molecular weight is 251 g/mol. The van der Waals surface area contributed by atoms with Crippen LogP contribution in [0.2, 0.25) is 0 Å². The number of phenolic OH excluding ortho intramolecular Hbond substituents is 1. The summed E-state index contributed by atoms with van der Waals surface area (Å²) >= 11 is 0. The highest BCUT2D eigenvalue weighted by Gasteiger charge is 2.08. The average Bonchev–Trinajstić information content (AvgIpc) is 2.33. The number of aromatic hydroxyl groups is 1. The molecule has 18 heavy (non-hydrogen) atoms. The van der Waals surface area contributed by atoms with Crippen LogP contribution in [0.4, 0.5) is 0 Å². The molecule has 3 N–H and O–H groups in total. The fourth-order valence-corrected chi connectivity index (χ4v) is 1.79. The first-order valence-corrected chi connectivity index (χ1v) is 6.34. The molecule has 1 aromatic rings. The molecule has 0 fully saturated rings. The highest BCUT2D eigenvalue weighted by Crippen LogP contribution is 2.15. The van der Waals surface area contributed by atoms with Gasteiger partial charge in [0.2, 0.25) is 0 Å². The van der Waals surface area contributed by atoms with Gasteiger partial charge in [0.25, 0.3) is 5.91 Å². The fraction of sp³-hybridized carbons (Fsp3) is 0.500. The number of carbonyl (C=O) groups excluding carboxylic acids is 1. The van der Waals surface area contributed by atoms with Gasteiger partial charge < -0.3 is 15.5 Å². The van der Waals surface area contributed by atoms with Gasteiger partial charge in [-0.05, 0) is 43.5 Å². The van der Waals surface area contributed by atoms with Gasteiger partial charge in [-0.15, -0.1) is 0 Å². The summed E-state index contributed by atoms with van der Waals surface area (Å²) in [5, 5.41) is 20.7. The molecule has 1 rings (SSSR count). The zero-order chi connectivity index (χ0) is 13.4. The van der Waals surface area contributed by atoms with Crippen LogP contribution in [0.5, 0.6) is 5.75 Å². The number of hydrogen-bond acceptors (Lipinski definition) is 3. The molecule has 0 saturated carbocycles. The Bertz CT molecular complexity index is 391. The maximum atomic E-state index is 11.8. The van der Waals surface area contributed by atoms with E-state index in [1.165, 1.54) is 6.07 Å². The summed E-state index contributed by atoms with van der Waals surface area (Å²) in [4.78, 5) is 11.8. The predicted octanol–water partition coefficient (Wildman–Crippen LogP) is 1.98. The van der Waals surface area contributed by atoms with E-state index in [9.17, 15) is 9.90 Å². The first-order valence-electron chi connectivity index (χ1n) is 6.34. The van der Waals surface area contributed by atoms with E-state index in [-0.39, 0.29) is 18.3 Å². The van der Waals surface area contributed by atoms with E-state index in [1.54, 1.807) is 19.1 Å². The van der Waals surface area contributed by atoms with Crippen molar-refractivity contribution in [2.24, 2.45) is 0 Å². The molecule has 0 spiro atoms. The third-order valence-electron chi connectivity index (χ3n) is 2.83. The molecule has 4 nitrogen and oxygen atoms in total. The van der Waals surface area contributed by atoms with Crippen molar-refractivity contribution in [2.45, 2.75) is 32.6 Å². The number of aliphatic hydroxyl groups is 1. The Balaban J connectivity index is 2.32. The van der Waals surface area contributed by atoms with E-state index in [0.717, 1.165) is 31.2 Å². The quantitative estimate of drug-likeness (QED) is 0.649. The van der Waals surface area contributed by atoms with Gasteiger partial charge in [0, 0.05) is 18.7 Å². The zero-order valence-electron chi connectivity index (χ0n) is 10.8. The van der Waals surface area contributed by atoms with E-state index in [2.05, 4.69) is 5.32 Å². The van der Waals surface area contributed by atoms with Crippen LogP contribution in [0.15, 0.2) is 18.2 Å². The van der Waals surface area contributed by atoms with Gasteiger partial charge in [-0.1, -0.05) is 12.8 Å². The molecular weight excluding hydrogens is 230 g/mol. The number of nitrogens with one attached hydrogen (secondary N) is 1. The Morgan fingerprint density at radius 2 is 1.94 bits per heavy atom. The van der Waals surface area contributed by atoms with Crippen LogP contribution in [0.1, 0.15) is 41.6 Å². The van der Waals surface area contributed by atoms with Crippen molar-refractivity contribution in [3.8, 4) is 5.75 Å². The van der Waals surface area contributed by atoms with Crippen molar-refractivity contribution in [1.82, 2.24) is 5.32 Å². The van der Waals surface area contributed by atoms with Crippen molar-refractivity contribution in [1.29, 1.82) is 0 Å². The van der Waals surface area contributed by atoms with Gasteiger partial charge in [0.15, 0.2) is 0 Å². The Morgan fingerprint density at radius 1 is 1.22 bits per heavy atom. The number of unbranched alkanes of at least 4 members (excludes halogenated alkanes) is 3. The third-order valence-corrected chi connectivity index (χ3v) is 2.83. The number of amides is 1. The zero-order valence-corrected chi connectivity index (χ0v) is 10.8. The molecule has 0 unspecified atom stereocenters. The standard InChI is InChI=1S/C14H21NO3/c1-11-10-12(17)6-7-13(11)14(18)15-8-4-2-3-5-9-16/h6-7,10,16-17H,2-5,8-9H2,1H3,(H,15,18). The van der Waals surface area contributed by atoms with E-state index in [1.807, 2.05) is 0 Å². The van der Waals surface area contributed by atoms with Crippen LogP contribution in [-0.4, -0.2) is 29.3 Å². The summed E-state index contributed by atoms with van der Waals surface area (Å²) in [5.74, 6) is 0.0720. The minimum absolute atomic E-state index is 0.102. The highest BCUT2D eigenvalue weighted by molar-refractivity contribution is 5.95. The third kappa shape index (κ3) is 4.75. The van der Waals surface area contributed by atoms with Crippen LogP contribution >= 0.6 is 0 Å². The van der Waals surface area contributed by atoms with Crippen LogP contribution in [-0.2, 0) is 0 Å². The maximum absolute atomic E-state index is 11.8. The number of phenols is 1. The SMILES string of the molecule is Cc1cc(O)ccc1C(=O)NCCCCCCO. The normalized spacial score (nSPS) is 10.3. The highest BCUT2D eigenvalue weighted by atomic mass is 16.3. The van der Waals surface area contributed by atoms with E-state index >= 15 is 0 Å². The monoisotopic (exact) mass is 251 g/mol. The summed E-state index contributed by atoms with van der Waals surface area (Å²) in [6.45, 7) is 2.68. The van der Waals surface area contributed by atoms with Crippen LogP contribution in [0.25, 0.3) is 0 Å². The molecular formula is C14H21NO3. The summed E-state index contributed by atoms with van der Waals surface area (Å²) in [6, 6.07) is 4.73. The molecule has 1 amide bonds. The van der Waals surface area contributed by atoms with Gasteiger partial charge in [0.1, 0.15) is 5.75 Å². The second-order valence-electron chi connectivity index (χ2n) is 4.39. The molecule has 0 atom stereocenters.